The van der Waals surface area contributed by atoms with Crippen LogP contribution in [0.1, 0.15) is 23.0 Å². The number of nitrogens with zero attached hydrogens (tertiary/aromatic N) is 1. The number of halogens is 1. The van der Waals surface area contributed by atoms with E-state index < -0.39 is 5.97 Å². The molecule has 0 unspecified atom stereocenters. The molecule has 2 rings (SSSR count). The summed E-state index contributed by atoms with van der Waals surface area (Å²) in [6.45, 7) is 3.90. The summed E-state index contributed by atoms with van der Waals surface area (Å²) in [6, 6.07) is 5.24. The van der Waals surface area contributed by atoms with Gasteiger partial charge in [0.25, 0.3) is 0 Å². The van der Waals surface area contributed by atoms with Gasteiger partial charge in [-0.15, -0.1) is 0 Å². The van der Waals surface area contributed by atoms with E-state index in [0.717, 1.165) is 5.56 Å². The van der Waals surface area contributed by atoms with Gasteiger partial charge in [0.05, 0.1) is 6.61 Å². The number of rotatable bonds is 4. The minimum absolute atomic E-state index is 0.0957. The first-order chi connectivity index (χ1) is 9.02. The predicted molar refractivity (Wildman–Crippen MR) is 69.8 cm³/mol. The molecule has 0 fully saturated rings. The van der Waals surface area contributed by atoms with Crippen molar-refractivity contribution in [2.45, 2.75) is 13.8 Å². The molecule has 0 aliphatic heterocycles. The number of aromatic nitrogens is 1. The molecule has 0 saturated heterocycles. The second kappa shape index (κ2) is 5.32. The summed E-state index contributed by atoms with van der Waals surface area (Å²) in [6.07, 6.45) is 0. The van der Waals surface area contributed by atoms with Crippen LogP contribution in [0.25, 0.3) is 11.5 Å². The quantitative estimate of drug-likeness (QED) is 0.930. The normalized spacial score (nSPS) is 10.5. The fraction of sp³-hybridized carbons (Fsp3) is 0.231. The van der Waals surface area contributed by atoms with Crippen molar-refractivity contribution in [3.63, 3.8) is 0 Å². The van der Waals surface area contributed by atoms with Crippen LogP contribution in [-0.2, 0) is 0 Å². The maximum absolute atomic E-state index is 11.0. The molecule has 1 heterocycles. The third-order valence-electron chi connectivity index (χ3n) is 2.49. The Kier molecular flexibility index (Phi) is 3.76. The van der Waals surface area contributed by atoms with Crippen molar-refractivity contribution in [3.05, 3.63) is 34.5 Å². The lowest BCUT2D eigenvalue weighted by Crippen LogP contribution is -2.01. The predicted octanol–water partition coefficient (Wildman–Crippen LogP) is 3.40. The lowest BCUT2D eigenvalue weighted by Gasteiger charge is -2.00. The standard InChI is InChI=1S/C13H12ClNO4/c1-3-18-13-10(12(16)17)15-11(19-13)8-5-4-7(2)9(14)6-8/h4-6H,3H2,1-2H3,(H,16,17). The minimum Gasteiger partial charge on any atom is -0.476 e. The van der Waals surface area contributed by atoms with Gasteiger partial charge in [-0.3, -0.25) is 0 Å². The fourth-order valence-corrected chi connectivity index (χ4v) is 1.70. The molecular formula is C13H12ClNO4. The van der Waals surface area contributed by atoms with Crippen molar-refractivity contribution in [3.8, 4) is 17.4 Å². The number of carboxylic acid groups (broad SMARTS) is 1. The Balaban J connectivity index is 2.47. The van der Waals surface area contributed by atoms with Crippen LogP contribution < -0.4 is 4.74 Å². The Morgan fingerprint density at radius 3 is 2.84 bits per heavy atom. The van der Waals surface area contributed by atoms with E-state index >= 15 is 0 Å². The number of aromatic carboxylic acids is 1. The van der Waals surface area contributed by atoms with Crippen molar-refractivity contribution in [2.75, 3.05) is 6.61 Å². The van der Waals surface area contributed by atoms with Gasteiger partial charge in [-0.25, -0.2) is 4.79 Å². The largest absolute Gasteiger partial charge is 0.476 e. The maximum atomic E-state index is 11.0. The van der Waals surface area contributed by atoms with Crippen LogP contribution >= 0.6 is 11.6 Å². The second-order valence-electron chi connectivity index (χ2n) is 3.86. The van der Waals surface area contributed by atoms with Crippen molar-refractivity contribution in [2.24, 2.45) is 0 Å². The summed E-state index contributed by atoms with van der Waals surface area (Å²) in [5, 5.41) is 9.58. The highest BCUT2D eigenvalue weighted by Crippen LogP contribution is 2.30. The number of benzene rings is 1. The van der Waals surface area contributed by atoms with Crippen LogP contribution in [0.5, 0.6) is 5.95 Å². The molecule has 6 heteroatoms. The van der Waals surface area contributed by atoms with Crippen LogP contribution in [0.3, 0.4) is 0 Å². The first kappa shape index (κ1) is 13.4. The van der Waals surface area contributed by atoms with Gasteiger partial charge in [-0.05, 0) is 31.5 Å². The highest BCUT2D eigenvalue weighted by Gasteiger charge is 2.21. The number of carboxylic acids is 1. The molecule has 0 amide bonds. The highest BCUT2D eigenvalue weighted by atomic mass is 35.5. The molecule has 1 aromatic carbocycles. The van der Waals surface area contributed by atoms with E-state index in [9.17, 15) is 4.79 Å². The average molecular weight is 282 g/mol. The topological polar surface area (TPSA) is 72.6 Å². The lowest BCUT2D eigenvalue weighted by atomic mass is 10.1. The van der Waals surface area contributed by atoms with E-state index in [2.05, 4.69) is 4.98 Å². The summed E-state index contributed by atoms with van der Waals surface area (Å²) >= 11 is 6.02. The van der Waals surface area contributed by atoms with Crippen molar-refractivity contribution < 1.29 is 19.1 Å². The van der Waals surface area contributed by atoms with Gasteiger partial charge in [0.1, 0.15) is 0 Å². The van der Waals surface area contributed by atoms with E-state index in [1.54, 1.807) is 19.1 Å². The smallest absolute Gasteiger partial charge is 0.362 e. The molecule has 0 aliphatic carbocycles. The van der Waals surface area contributed by atoms with Gasteiger partial charge < -0.3 is 14.3 Å². The zero-order valence-corrected chi connectivity index (χ0v) is 11.2. The van der Waals surface area contributed by atoms with Crippen LogP contribution in [-0.4, -0.2) is 22.7 Å². The van der Waals surface area contributed by atoms with Crippen molar-refractivity contribution >= 4 is 17.6 Å². The Bertz CT molecular complexity index is 621. The van der Waals surface area contributed by atoms with Crippen LogP contribution in [0.15, 0.2) is 22.6 Å². The van der Waals surface area contributed by atoms with Gasteiger partial charge in [0, 0.05) is 10.6 Å². The van der Waals surface area contributed by atoms with Crippen LogP contribution in [0, 0.1) is 6.92 Å². The van der Waals surface area contributed by atoms with Gasteiger partial charge >= 0.3 is 11.9 Å². The Morgan fingerprint density at radius 1 is 1.53 bits per heavy atom. The minimum atomic E-state index is -1.20. The van der Waals surface area contributed by atoms with Gasteiger partial charge in [0.15, 0.2) is 0 Å². The van der Waals surface area contributed by atoms with Gasteiger partial charge in [-0.1, -0.05) is 17.7 Å². The number of aryl methyl sites for hydroxylation is 1. The van der Waals surface area contributed by atoms with Crippen LogP contribution in [0.4, 0.5) is 0 Å². The zero-order valence-electron chi connectivity index (χ0n) is 10.4. The Labute approximate surface area is 114 Å². The van der Waals surface area contributed by atoms with Crippen molar-refractivity contribution in [1.82, 2.24) is 4.98 Å². The summed E-state index contributed by atoms with van der Waals surface area (Å²) in [4.78, 5) is 15.0. The molecule has 0 bridgehead atoms. The Morgan fingerprint density at radius 2 is 2.26 bits per heavy atom. The number of hydrogen-bond acceptors (Lipinski definition) is 4. The zero-order chi connectivity index (χ0) is 14.0. The summed E-state index contributed by atoms with van der Waals surface area (Å²) in [7, 11) is 0. The molecule has 1 N–H and O–H groups in total. The molecule has 1 aromatic heterocycles. The summed E-state index contributed by atoms with van der Waals surface area (Å²) in [5.74, 6) is -1.12. The lowest BCUT2D eigenvalue weighted by molar-refractivity contribution is 0.0683. The first-order valence-electron chi connectivity index (χ1n) is 5.66. The average Bonchev–Trinajstić information content (AvgIpc) is 2.77. The monoisotopic (exact) mass is 281 g/mol. The van der Waals surface area contributed by atoms with E-state index in [0.29, 0.717) is 17.2 Å². The number of carbonyl (C=O) groups is 1. The molecule has 0 spiro atoms. The number of hydrogen-bond donors (Lipinski definition) is 1. The molecule has 2 aromatic rings. The Hall–Kier alpha value is -2.01. The van der Waals surface area contributed by atoms with E-state index in [1.165, 1.54) is 0 Å². The molecule has 0 saturated carbocycles. The van der Waals surface area contributed by atoms with Gasteiger partial charge in [0.2, 0.25) is 11.6 Å². The summed E-state index contributed by atoms with van der Waals surface area (Å²) in [5.41, 5.74) is 1.28. The summed E-state index contributed by atoms with van der Waals surface area (Å²) < 4.78 is 10.4. The van der Waals surface area contributed by atoms with E-state index in [-0.39, 0.29) is 17.5 Å². The van der Waals surface area contributed by atoms with Crippen molar-refractivity contribution in [1.29, 1.82) is 0 Å². The van der Waals surface area contributed by atoms with Crippen LogP contribution in [0.2, 0.25) is 5.02 Å². The number of oxazole rings is 1. The van der Waals surface area contributed by atoms with Gasteiger partial charge in [-0.2, -0.15) is 4.98 Å². The highest BCUT2D eigenvalue weighted by molar-refractivity contribution is 6.31. The molecule has 0 atom stereocenters. The second-order valence-corrected chi connectivity index (χ2v) is 4.26. The molecule has 0 radical (unpaired) electrons. The maximum Gasteiger partial charge on any atom is 0.362 e. The molecule has 100 valence electrons. The van der Waals surface area contributed by atoms with E-state index in [1.807, 2.05) is 13.0 Å². The molecular weight excluding hydrogens is 270 g/mol. The number of ether oxygens (including phenoxy) is 1. The SMILES string of the molecule is CCOc1oc(-c2ccc(C)c(Cl)c2)nc1C(=O)O. The third-order valence-corrected chi connectivity index (χ3v) is 2.90. The first-order valence-corrected chi connectivity index (χ1v) is 6.04. The third kappa shape index (κ3) is 2.71. The fourth-order valence-electron chi connectivity index (χ4n) is 1.52. The molecule has 5 nitrogen and oxygen atoms in total. The van der Waals surface area contributed by atoms with E-state index in [4.69, 9.17) is 25.9 Å². The molecule has 19 heavy (non-hydrogen) atoms. The molecule has 0 aliphatic rings.